The van der Waals surface area contributed by atoms with E-state index < -0.39 is 24.7 Å². The second-order valence-corrected chi connectivity index (χ2v) is 6.13. The number of thioether (sulfide) groups is 1. The van der Waals surface area contributed by atoms with E-state index in [0.29, 0.717) is 9.47 Å². The quantitative estimate of drug-likeness (QED) is 0.645. The molecular weight excluding hydrogens is 343 g/mol. The summed E-state index contributed by atoms with van der Waals surface area (Å²) in [7, 11) is 0. The van der Waals surface area contributed by atoms with Gasteiger partial charge in [0.05, 0.1) is 5.75 Å². The van der Waals surface area contributed by atoms with Gasteiger partial charge in [-0.25, -0.2) is 4.79 Å². The Kier molecular flexibility index (Phi) is 7.38. The van der Waals surface area contributed by atoms with Gasteiger partial charge in [-0.1, -0.05) is 30.0 Å². The zero-order valence-corrected chi connectivity index (χ0v) is 13.1. The highest BCUT2D eigenvalue weighted by Gasteiger charge is 2.27. The van der Waals surface area contributed by atoms with Gasteiger partial charge in [0.2, 0.25) is 11.0 Å². The van der Waals surface area contributed by atoms with E-state index in [1.165, 1.54) is 16.7 Å². The molecule has 124 valence electrons. The molecule has 0 bridgehead atoms. The first kappa shape index (κ1) is 18.5. The summed E-state index contributed by atoms with van der Waals surface area (Å²) >= 11 is 2.29. The number of halogens is 3. The van der Waals surface area contributed by atoms with Crippen LogP contribution in [-0.2, 0) is 4.79 Å². The standard InChI is InChI=1S/C10H14F3N5O2S2/c1-2-3-14-8-17-18-9(22-8)21-4-6(19)16-7(20)15-5-10(11,12)13/h2-5H2,1H3,(H,14,17)(H2,15,16,19,20). The fraction of sp³-hybridized carbons (Fsp3) is 0.600. The van der Waals surface area contributed by atoms with E-state index in [0.717, 1.165) is 24.7 Å². The van der Waals surface area contributed by atoms with Crippen LogP contribution in [0.3, 0.4) is 0 Å². The van der Waals surface area contributed by atoms with E-state index in [1.54, 1.807) is 5.32 Å². The minimum atomic E-state index is -4.52. The van der Waals surface area contributed by atoms with Crippen LogP contribution in [0.2, 0.25) is 0 Å². The molecule has 0 spiro atoms. The van der Waals surface area contributed by atoms with Crippen molar-refractivity contribution < 1.29 is 22.8 Å². The first-order valence-corrected chi connectivity index (χ1v) is 7.95. The molecule has 0 unspecified atom stereocenters. The van der Waals surface area contributed by atoms with Crippen molar-refractivity contribution in [3.05, 3.63) is 0 Å². The van der Waals surface area contributed by atoms with Crippen molar-refractivity contribution >= 4 is 40.2 Å². The van der Waals surface area contributed by atoms with Gasteiger partial charge in [-0.15, -0.1) is 10.2 Å². The van der Waals surface area contributed by atoms with E-state index in [9.17, 15) is 22.8 Å². The Hall–Kier alpha value is -1.56. The molecule has 1 aromatic rings. The van der Waals surface area contributed by atoms with E-state index in [2.05, 4.69) is 15.5 Å². The summed E-state index contributed by atoms with van der Waals surface area (Å²) < 4.78 is 36.1. The van der Waals surface area contributed by atoms with Gasteiger partial charge in [0, 0.05) is 6.54 Å². The number of carbonyl (C=O) groups excluding carboxylic acids is 2. The van der Waals surface area contributed by atoms with Crippen LogP contribution in [0.1, 0.15) is 13.3 Å². The number of anilines is 1. The lowest BCUT2D eigenvalue weighted by atomic mass is 10.5. The minimum absolute atomic E-state index is 0.151. The molecule has 1 heterocycles. The largest absolute Gasteiger partial charge is 0.405 e. The van der Waals surface area contributed by atoms with Crippen LogP contribution in [0.5, 0.6) is 0 Å². The molecule has 3 amide bonds. The Morgan fingerprint density at radius 2 is 2.05 bits per heavy atom. The molecule has 0 aliphatic heterocycles. The van der Waals surface area contributed by atoms with Crippen molar-refractivity contribution in [3.8, 4) is 0 Å². The first-order chi connectivity index (χ1) is 10.3. The van der Waals surface area contributed by atoms with Crippen LogP contribution in [-0.4, -0.2) is 47.2 Å². The topological polar surface area (TPSA) is 96.0 Å². The predicted octanol–water partition coefficient (Wildman–Crippen LogP) is 1.84. The van der Waals surface area contributed by atoms with Crippen molar-refractivity contribution in [1.82, 2.24) is 20.8 Å². The third kappa shape index (κ3) is 8.02. The average Bonchev–Trinajstić information content (AvgIpc) is 2.88. The number of urea groups is 1. The molecule has 0 saturated carbocycles. The van der Waals surface area contributed by atoms with Crippen LogP contribution >= 0.6 is 23.1 Å². The highest BCUT2D eigenvalue weighted by Crippen LogP contribution is 2.25. The maximum atomic E-state index is 11.9. The van der Waals surface area contributed by atoms with E-state index >= 15 is 0 Å². The number of alkyl halides is 3. The van der Waals surface area contributed by atoms with Crippen molar-refractivity contribution in [2.75, 3.05) is 24.2 Å². The van der Waals surface area contributed by atoms with Crippen LogP contribution in [0.4, 0.5) is 23.1 Å². The Morgan fingerprint density at radius 1 is 1.32 bits per heavy atom. The van der Waals surface area contributed by atoms with Gasteiger partial charge in [-0.3, -0.25) is 10.1 Å². The SMILES string of the molecule is CCCNc1nnc(SCC(=O)NC(=O)NCC(F)(F)F)s1. The molecule has 0 saturated heterocycles. The number of amides is 3. The second kappa shape index (κ2) is 8.78. The summed E-state index contributed by atoms with van der Waals surface area (Å²) in [4.78, 5) is 22.4. The summed E-state index contributed by atoms with van der Waals surface area (Å²) in [6.45, 7) is 1.25. The molecule has 22 heavy (non-hydrogen) atoms. The average molecular weight is 357 g/mol. The van der Waals surface area contributed by atoms with E-state index in [1.807, 2.05) is 6.92 Å². The summed E-state index contributed by atoms with van der Waals surface area (Å²) in [5.74, 6) is -0.870. The lowest BCUT2D eigenvalue weighted by Gasteiger charge is -2.08. The number of hydrogen-bond donors (Lipinski definition) is 3. The van der Waals surface area contributed by atoms with Gasteiger partial charge < -0.3 is 10.6 Å². The summed E-state index contributed by atoms with van der Waals surface area (Å²) in [5, 5.41) is 14.7. The highest BCUT2D eigenvalue weighted by atomic mass is 32.2. The third-order valence-electron chi connectivity index (χ3n) is 1.96. The summed E-state index contributed by atoms with van der Waals surface area (Å²) in [5.41, 5.74) is 0. The molecule has 0 fully saturated rings. The fourth-order valence-corrected chi connectivity index (χ4v) is 2.66. The molecule has 0 atom stereocenters. The fourth-order valence-electron chi connectivity index (χ4n) is 1.09. The van der Waals surface area contributed by atoms with Crippen LogP contribution < -0.4 is 16.0 Å². The Morgan fingerprint density at radius 3 is 2.68 bits per heavy atom. The van der Waals surface area contributed by atoms with E-state index in [-0.39, 0.29) is 5.75 Å². The zero-order chi connectivity index (χ0) is 16.6. The summed E-state index contributed by atoms with van der Waals surface area (Å²) in [6, 6.07) is -1.19. The normalized spacial score (nSPS) is 11.1. The molecule has 0 aliphatic rings. The van der Waals surface area contributed by atoms with Crippen molar-refractivity contribution in [2.45, 2.75) is 23.9 Å². The van der Waals surface area contributed by atoms with Gasteiger partial charge in [-0.05, 0) is 6.42 Å². The Labute approximate surface area is 132 Å². The summed E-state index contributed by atoms with van der Waals surface area (Å²) in [6.07, 6.45) is -3.60. The van der Waals surface area contributed by atoms with Crippen LogP contribution in [0.25, 0.3) is 0 Å². The number of nitrogens with one attached hydrogen (secondary N) is 3. The smallest absolute Gasteiger partial charge is 0.360 e. The molecule has 0 aliphatic carbocycles. The molecule has 7 nitrogen and oxygen atoms in total. The molecule has 1 aromatic heterocycles. The van der Waals surface area contributed by atoms with E-state index in [4.69, 9.17) is 0 Å². The predicted molar refractivity (Wildman–Crippen MR) is 77.0 cm³/mol. The molecular formula is C10H14F3N5O2S2. The van der Waals surface area contributed by atoms with Gasteiger partial charge in [-0.2, -0.15) is 13.2 Å². The maximum absolute atomic E-state index is 11.9. The van der Waals surface area contributed by atoms with Gasteiger partial charge >= 0.3 is 12.2 Å². The van der Waals surface area contributed by atoms with Crippen LogP contribution in [0, 0.1) is 0 Å². The zero-order valence-electron chi connectivity index (χ0n) is 11.5. The lowest BCUT2D eigenvalue weighted by molar-refractivity contribution is -0.124. The molecule has 12 heteroatoms. The number of carbonyl (C=O) groups is 2. The Balaban J connectivity index is 2.27. The number of aromatic nitrogens is 2. The van der Waals surface area contributed by atoms with Crippen molar-refractivity contribution in [3.63, 3.8) is 0 Å². The molecule has 3 N–H and O–H groups in total. The van der Waals surface area contributed by atoms with Crippen LogP contribution in [0.15, 0.2) is 4.34 Å². The maximum Gasteiger partial charge on any atom is 0.405 e. The Bertz CT molecular complexity index is 509. The second-order valence-electron chi connectivity index (χ2n) is 3.93. The molecule has 0 radical (unpaired) electrons. The van der Waals surface area contributed by atoms with Gasteiger partial charge in [0.25, 0.3) is 0 Å². The van der Waals surface area contributed by atoms with Crippen molar-refractivity contribution in [2.24, 2.45) is 0 Å². The number of hydrogen-bond acceptors (Lipinski definition) is 7. The minimum Gasteiger partial charge on any atom is -0.360 e. The highest BCUT2D eigenvalue weighted by molar-refractivity contribution is 8.01. The lowest BCUT2D eigenvalue weighted by Crippen LogP contribution is -2.43. The monoisotopic (exact) mass is 357 g/mol. The first-order valence-electron chi connectivity index (χ1n) is 6.14. The van der Waals surface area contributed by atoms with Gasteiger partial charge in [0.1, 0.15) is 6.54 Å². The number of imide groups is 1. The van der Waals surface area contributed by atoms with Crippen molar-refractivity contribution in [1.29, 1.82) is 0 Å². The molecule has 0 aromatic carbocycles. The number of rotatable bonds is 7. The van der Waals surface area contributed by atoms with Gasteiger partial charge in [0.15, 0.2) is 4.34 Å². The number of nitrogens with zero attached hydrogens (tertiary/aromatic N) is 2. The molecule has 1 rings (SSSR count). The third-order valence-corrected chi connectivity index (χ3v) is 3.98.